The molecule has 0 aliphatic carbocycles. The Balaban J connectivity index is 2.17. The Morgan fingerprint density at radius 2 is 1.81 bits per heavy atom. The summed E-state index contributed by atoms with van der Waals surface area (Å²) in [5, 5.41) is 0. The van der Waals surface area contributed by atoms with E-state index in [1.165, 1.54) is 26.0 Å². The van der Waals surface area contributed by atoms with Crippen molar-refractivity contribution in [1.82, 2.24) is 4.72 Å². The van der Waals surface area contributed by atoms with Crippen LogP contribution < -0.4 is 19.1 Å². The molecule has 0 aliphatic rings. The zero-order chi connectivity index (χ0) is 20.0. The lowest BCUT2D eigenvalue weighted by molar-refractivity contribution is -0.116. The third-order valence-corrected chi connectivity index (χ3v) is 5.69. The monoisotopic (exact) mass is 392 g/mol. The van der Waals surface area contributed by atoms with E-state index in [2.05, 4.69) is 4.72 Å². The number of carbonyl (C=O) groups is 1. The molecule has 27 heavy (non-hydrogen) atoms. The first kappa shape index (κ1) is 20.7. The number of hydrogen-bond acceptors (Lipinski definition) is 5. The Kier molecular flexibility index (Phi) is 6.81. The number of methoxy groups -OCH3 is 2. The van der Waals surface area contributed by atoms with Gasteiger partial charge < -0.3 is 14.4 Å². The normalized spacial score (nSPS) is 11.1. The molecule has 0 bridgehead atoms. The Hall–Kier alpha value is -2.58. The number of aryl methyl sites for hydroxylation is 1. The van der Waals surface area contributed by atoms with Crippen LogP contribution in [0.4, 0.5) is 5.69 Å². The van der Waals surface area contributed by atoms with E-state index in [4.69, 9.17) is 9.47 Å². The SMILES string of the molecule is COc1ccc(N(CCNS(=O)(=O)c2ccccc2C)C(C)=O)c(OC)c1. The van der Waals surface area contributed by atoms with Crippen LogP contribution in [0.2, 0.25) is 0 Å². The van der Waals surface area contributed by atoms with Gasteiger partial charge in [0.25, 0.3) is 0 Å². The molecular formula is C19H24N2O5S. The molecule has 0 aliphatic heterocycles. The van der Waals surface area contributed by atoms with Gasteiger partial charge in [0, 0.05) is 26.1 Å². The third-order valence-electron chi connectivity index (χ3n) is 4.07. The number of anilines is 1. The topological polar surface area (TPSA) is 84.9 Å². The number of amides is 1. The first-order chi connectivity index (χ1) is 12.8. The molecule has 7 nitrogen and oxygen atoms in total. The molecule has 1 N–H and O–H groups in total. The predicted octanol–water partition coefficient (Wildman–Crippen LogP) is 2.34. The van der Waals surface area contributed by atoms with Gasteiger partial charge in [-0.1, -0.05) is 18.2 Å². The molecule has 0 unspecified atom stereocenters. The molecule has 0 heterocycles. The van der Waals surface area contributed by atoms with Gasteiger partial charge in [0.05, 0.1) is 24.8 Å². The van der Waals surface area contributed by atoms with E-state index in [-0.39, 0.29) is 23.9 Å². The van der Waals surface area contributed by atoms with Gasteiger partial charge in [0.2, 0.25) is 15.9 Å². The summed E-state index contributed by atoms with van der Waals surface area (Å²) in [4.78, 5) is 13.8. The van der Waals surface area contributed by atoms with Crippen LogP contribution in [0, 0.1) is 6.92 Å². The van der Waals surface area contributed by atoms with E-state index in [9.17, 15) is 13.2 Å². The van der Waals surface area contributed by atoms with Crippen LogP contribution in [0.25, 0.3) is 0 Å². The van der Waals surface area contributed by atoms with Gasteiger partial charge in [0.1, 0.15) is 11.5 Å². The highest BCUT2D eigenvalue weighted by Gasteiger charge is 2.20. The van der Waals surface area contributed by atoms with Crippen molar-refractivity contribution in [2.45, 2.75) is 18.7 Å². The van der Waals surface area contributed by atoms with Gasteiger partial charge in [-0.3, -0.25) is 4.79 Å². The lowest BCUT2D eigenvalue weighted by Crippen LogP contribution is -2.37. The average Bonchev–Trinajstić information content (AvgIpc) is 2.64. The zero-order valence-corrected chi connectivity index (χ0v) is 16.7. The Morgan fingerprint density at radius 3 is 2.41 bits per heavy atom. The van der Waals surface area contributed by atoms with Crippen molar-refractivity contribution in [3.05, 3.63) is 48.0 Å². The van der Waals surface area contributed by atoms with Crippen LogP contribution in [0.5, 0.6) is 11.5 Å². The van der Waals surface area contributed by atoms with E-state index in [1.54, 1.807) is 49.4 Å². The number of benzene rings is 2. The zero-order valence-electron chi connectivity index (χ0n) is 15.9. The third kappa shape index (κ3) is 4.99. The van der Waals surface area contributed by atoms with Crippen LogP contribution in [0.1, 0.15) is 12.5 Å². The van der Waals surface area contributed by atoms with E-state index < -0.39 is 10.0 Å². The van der Waals surface area contributed by atoms with Crippen molar-refractivity contribution < 1.29 is 22.7 Å². The average molecular weight is 392 g/mol. The van der Waals surface area contributed by atoms with Crippen molar-refractivity contribution >= 4 is 21.6 Å². The minimum atomic E-state index is -3.66. The lowest BCUT2D eigenvalue weighted by Gasteiger charge is -2.24. The summed E-state index contributed by atoms with van der Waals surface area (Å²) in [5.74, 6) is 0.833. The van der Waals surface area contributed by atoms with E-state index >= 15 is 0 Å². The highest BCUT2D eigenvalue weighted by atomic mass is 32.2. The first-order valence-electron chi connectivity index (χ1n) is 8.35. The van der Waals surface area contributed by atoms with Crippen molar-refractivity contribution in [3.8, 4) is 11.5 Å². The first-order valence-corrected chi connectivity index (χ1v) is 9.84. The fourth-order valence-corrected chi connectivity index (χ4v) is 3.95. The molecular weight excluding hydrogens is 368 g/mol. The summed E-state index contributed by atoms with van der Waals surface area (Å²) < 4.78 is 38.0. The van der Waals surface area contributed by atoms with E-state index in [1.807, 2.05) is 0 Å². The van der Waals surface area contributed by atoms with Crippen molar-refractivity contribution in [2.24, 2.45) is 0 Å². The molecule has 0 aromatic heterocycles. The van der Waals surface area contributed by atoms with E-state index in [0.717, 1.165) is 0 Å². The number of carbonyl (C=O) groups excluding carboxylic acids is 1. The number of ether oxygens (including phenoxy) is 2. The Morgan fingerprint density at radius 1 is 1.11 bits per heavy atom. The molecule has 0 spiro atoms. The number of sulfonamides is 1. The summed E-state index contributed by atoms with van der Waals surface area (Å²) in [5.41, 5.74) is 1.20. The van der Waals surface area contributed by atoms with Gasteiger partial charge in [-0.2, -0.15) is 0 Å². The second-order valence-electron chi connectivity index (χ2n) is 5.87. The molecule has 8 heteroatoms. The van der Waals surface area contributed by atoms with Crippen molar-refractivity contribution in [3.63, 3.8) is 0 Å². The number of nitrogens with zero attached hydrogens (tertiary/aromatic N) is 1. The smallest absolute Gasteiger partial charge is 0.240 e. The minimum Gasteiger partial charge on any atom is -0.497 e. The van der Waals surface area contributed by atoms with Crippen LogP contribution >= 0.6 is 0 Å². The minimum absolute atomic E-state index is 0.0609. The summed E-state index contributed by atoms with van der Waals surface area (Å²) >= 11 is 0. The van der Waals surface area contributed by atoms with Crippen molar-refractivity contribution in [2.75, 3.05) is 32.2 Å². The van der Waals surface area contributed by atoms with Gasteiger partial charge in [0.15, 0.2) is 0 Å². The van der Waals surface area contributed by atoms with Crippen molar-refractivity contribution in [1.29, 1.82) is 0 Å². The fourth-order valence-electron chi connectivity index (χ4n) is 2.68. The van der Waals surface area contributed by atoms with E-state index in [0.29, 0.717) is 22.7 Å². The predicted molar refractivity (Wildman–Crippen MR) is 104 cm³/mol. The molecule has 0 saturated heterocycles. The molecule has 2 rings (SSSR count). The summed E-state index contributed by atoms with van der Waals surface area (Å²) in [6, 6.07) is 11.8. The largest absolute Gasteiger partial charge is 0.497 e. The van der Waals surface area contributed by atoms with Gasteiger partial charge in [-0.15, -0.1) is 0 Å². The molecule has 146 valence electrons. The van der Waals surface area contributed by atoms with Crippen LogP contribution in [-0.2, 0) is 14.8 Å². The van der Waals surface area contributed by atoms with Crippen LogP contribution in [-0.4, -0.2) is 41.6 Å². The maximum absolute atomic E-state index is 12.5. The molecule has 0 fully saturated rings. The molecule has 0 atom stereocenters. The second-order valence-corrected chi connectivity index (χ2v) is 7.61. The van der Waals surface area contributed by atoms with Gasteiger partial charge >= 0.3 is 0 Å². The number of rotatable bonds is 8. The maximum Gasteiger partial charge on any atom is 0.240 e. The summed E-state index contributed by atoms with van der Waals surface area (Å²) in [6.07, 6.45) is 0. The van der Waals surface area contributed by atoms with Crippen LogP contribution in [0.3, 0.4) is 0 Å². The lowest BCUT2D eigenvalue weighted by atomic mass is 10.2. The quantitative estimate of drug-likeness (QED) is 0.745. The Labute approximate surface area is 160 Å². The molecule has 2 aromatic rings. The molecule has 1 amide bonds. The molecule has 2 aromatic carbocycles. The Bertz CT molecular complexity index is 912. The van der Waals surface area contributed by atoms with Crippen LogP contribution in [0.15, 0.2) is 47.4 Å². The number of hydrogen-bond donors (Lipinski definition) is 1. The fraction of sp³-hybridized carbons (Fsp3) is 0.316. The molecule has 0 saturated carbocycles. The number of nitrogens with one attached hydrogen (secondary N) is 1. The molecule has 0 radical (unpaired) electrons. The standard InChI is InChI=1S/C19H24N2O5S/c1-14-7-5-6-8-19(14)27(23,24)20-11-12-21(15(2)22)17-10-9-16(25-3)13-18(17)26-4/h5-10,13,20H,11-12H2,1-4H3. The van der Waals surface area contributed by atoms with Gasteiger partial charge in [-0.25, -0.2) is 13.1 Å². The summed E-state index contributed by atoms with van der Waals surface area (Å²) in [6.45, 7) is 3.37. The highest BCUT2D eigenvalue weighted by molar-refractivity contribution is 7.89. The maximum atomic E-state index is 12.5. The summed E-state index contributed by atoms with van der Waals surface area (Å²) in [7, 11) is -0.623. The second kappa shape index (κ2) is 8.88. The van der Waals surface area contributed by atoms with Gasteiger partial charge in [-0.05, 0) is 30.7 Å². The highest BCUT2D eigenvalue weighted by Crippen LogP contribution is 2.32.